The van der Waals surface area contributed by atoms with Crippen molar-refractivity contribution >= 4 is 0 Å². The van der Waals surface area contributed by atoms with Gasteiger partial charge in [0.1, 0.15) is 0 Å². The van der Waals surface area contributed by atoms with Crippen LogP contribution in [-0.2, 0) is 5.54 Å². The Kier molecular flexibility index (Phi) is 5.00. The van der Waals surface area contributed by atoms with Gasteiger partial charge in [-0.25, -0.2) is 0 Å². The predicted octanol–water partition coefficient (Wildman–Crippen LogP) is 3.39. The van der Waals surface area contributed by atoms with Gasteiger partial charge in [0.05, 0.1) is 5.54 Å². The fourth-order valence-corrected chi connectivity index (χ4v) is 3.31. The highest BCUT2D eigenvalue weighted by molar-refractivity contribution is 5.25. The Morgan fingerprint density at radius 3 is 2.63 bits per heavy atom. The van der Waals surface area contributed by atoms with Crippen molar-refractivity contribution in [2.45, 2.75) is 51.6 Å². The third kappa shape index (κ3) is 3.37. The molecule has 2 heteroatoms. The average Bonchev–Trinajstić information content (AvgIpc) is 2.46. The van der Waals surface area contributed by atoms with Crippen LogP contribution in [0.5, 0.6) is 0 Å². The highest BCUT2D eigenvalue weighted by Gasteiger charge is 2.34. The molecule has 0 aromatic heterocycles. The van der Waals surface area contributed by atoms with Gasteiger partial charge >= 0.3 is 0 Å². The van der Waals surface area contributed by atoms with E-state index >= 15 is 0 Å². The molecular formula is C17H28N2. The molecule has 19 heavy (non-hydrogen) atoms. The zero-order valence-electron chi connectivity index (χ0n) is 12.7. The molecule has 2 atom stereocenters. The topological polar surface area (TPSA) is 15.3 Å². The smallest absolute Gasteiger partial charge is 0.0535 e. The molecular weight excluding hydrogens is 232 g/mol. The van der Waals surface area contributed by atoms with Crippen LogP contribution in [0.3, 0.4) is 0 Å². The standard InChI is InChI=1S/C17H28N2/c1-4-9-16(5-2)19-13-12-18-17(3,14-19)15-10-7-6-8-11-15/h6-8,10-11,16,18H,4-5,9,12-14H2,1-3H3. The maximum atomic E-state index is 3.72. The number of rotatable bonds is 5. The Balaban J connectivity index is 2.11. The van der Waals surface area contributed by atoms with Gasteiger partial charge in [-0.1, -0.05) is 50.6 Å². The van der Waals surface area contributed by atoms with Crippen molar-refractivity contribution in [3.63, 3.8) is 0 Å². The van der Waals surface area contributed by atoms with Gasteiger partial charge in [0.15, 0.2) is 0 Å². The number of piperazine rings is 1. The molecule has 1 fully saturated rings. The van der Waals surface area contributed by atoms with Crippen LogP contribution in [0.4, 0.5) is 0 Å². The van der Waals surface area contributed by atoms with Gasteiger partial charge in [-0.15, -0.1) is 0 Å². The molecule has 0 saturated carbocycles. The first-order valence-electron chi connectivity index (χ1n) is 7.74. The number of benzene rings is 1. The van der Waals surface area contributed by atoms with Crippen LogP contribution < -0.4 is 5.32 Å². The Bertz CT molecular complexity index is 376. The summed E-state index contributed by atoms with van der Waals surface area (Å²) < 4.78 is 0. The third-order valence-electron chi connectivity index (χ3n) is 4.45. The highest BCUT2D eigenvalue weighted by atomic mass is 15.2. The van der Waals surface area contributed by atoms with E-state index in [1.54, 1.807) is 0 Å². The summed E-state index contributed by atoms with van der Waals surface area (Å²) in [5.41, 5.74) is 1.51. The molecule has 1 aliphatic heterocycles. The Labute approximate surface area is 118 Å². The van der Waals surface area contributed by atoms with Gasteiger partial charge in [-0.2, -0.15) is 0 Å². The van der Waals surface area contributed by atoms with E-state index in [1.807, 2.05) is 0 Å². The van der Waals surface area contributed by atoms with E-state index in [0.717, 1.165) is 19.1 Å². The lowest BCUT2D eigenvalue weighted by molar-refractivity contribution is 0.0919. The van der Waals surface area contributed by atoms with Crippen LogP contribution in [0.1, 0.15) is 45.6 Å². The minimum Gasteiger partial charge on any atom is -0.305 e. The van der Waals surface area contributed by atoms with Crippen molar-refractivity contribution in [3.05, 3.63) is 35.9 Å². The van der Waals surface area contributed by atoms with Crippen LogP contribution in [0.15, 0.2) is 30.3 Å². The highest BCUT2D eigenvalue weighted by Crippen LogP contribution is 2.26. The molecule has 0 aliphatic carbocycles. The summed E-state index contributed by atoms with van der Waals surface area (Å²) in [5.74, 6) is 0. The monoisotopic (exact) mass is 260 g/mol. The number of nitrogens with zero attached hydrogens (tertiary/aromatic N) is 1. The Morgan fingerprint density at radius 2 is 2.00 bits per heavy atom. The van der Waals surface area contributed by atoms with Crippen LogP contribution in [-0.4, -0.2) is 30.6 Å². The SMILES string of the molecule is CCCC(CC)N1CCNC(C)(c2ccccc2)C1. The van der Waals surface area contributed by atoms with E-state index in [0.29, 0.717) is 0 Å². The lowest BCUT2D eigenvalue weighted by Gasteiger charge is -2.45. The molecule has 0 spiro atoms. The molecule has 1 aromatic rings. The van der Waals surface area contributed by atoms with E-state index in [1.165, 1.54) is 31.4 Å². The largest absolute Gasteiger partial charge is 0.305 e. The molecule has 2 unspecified atom stereocenters. The predicted molar refractivity (Wildman–Crippen MR) is 82.4 cm³/mol. The molecule has 1 heterocycles. The summed E-state index contributed by atoms with van der Waals surface area (Å²) in [4.78, 5) is 2.69. The van der Waals surface area contributed by atoms with Crippen molar-refractivity contribution in [1.29, 1.82) is 0 Å². The number of nitrogens with one attached hydrogen (secondary N) is 1. The second-order valence-electron chi connectivity index (χ2n) is 5.95. The first-order chi connectivity index (χ1) is 9.19. The lowest BCUT2D eigenvalue weighted by Crippen LogP contribution is -2.58. The minimum absolute atomic E-state index is 0.0979. The van der Waals surface area contributed by atoms with Crippen LogP contribution >= 0.6 is 0 Å². The average molecular weight is 260 g/mol. The summed E-state index contributed by atoms with van der Waals surface area (Å²) in [5, 5.41) is 3.72. The summed E-state index contributed by atoms with van der Waals surface area (Å²) >= 11 is 0. The van der Waals surface area contributed by atoms with E-state index in [4.69, 9.17) is 0 Å². The van der Waals surface area contributed by atoms with Gasteiger partial charge in [0.2, 0.25) is 0 Å². The molecule has 1 N–H and O–H groups in total. The van der Waals surface area contributed by atoms with Gasteiger partial charge in [-0.3, -0.25) is 4.90 Å². The molecule has 1 aromatic carbocycles. The first kappa shape index (κ1) is 14.5. The minimum atomic E-state index is 0.0979. The molecule has 1 saturated heterocycles. The Hall–Kier alpha value is -0.860. The number of hydrogen-bond acceptors (Lipinski definition) is 2. The summed E-state index contributed by atoms with van der Waals surface area (Å²) in [7, 11) is 0. The van der Waals surface area contributed by atoms with Crippen molar-refractivity contribution in [2.24, 2.45) is 0 Å². The molecule has 1 aliphatic rings. The quantitative estimate of drug-likeness (QED) is 0.873. The second-order valence-corrected chi connectivity index (χ2v) is 5.95. The summed E-state index contributed by atoms with van der Waals surface area (Å²) in [6.07, 6.45) is 3.87. The lowest BCUT2D eigenvalue weighted by atomic mass is 9.88. The molecule has 106 valence electrons. The number of hydrogen-bond donors (Lipinski definition) is 1. The van der Waals surface area contributed by atoms with Gasteiger partial charge < -0.3 is 5.32 Å². The van der Waals surface area contributed by atoms with Crippen molar-refractivity contribution in [1.82, 2.24) is 10.2 Å². The van der Waals surface area contributed by atoms with Gasteiger partial charge in [0.25, 0.3) is 0 Å². The van der Waals surface area contributed by atoms with Crippen LogP contribution in [0.25, 0.3) is 0 Å². The van der Waals surface area contributed by atoms with E-state index < -0.39 is 0 Å². The maximum Gasteiger partial charge on any atom is 0.0535 e. The van der Waals surface area contributed by atoms with Crippen LogP contribution in [0.2, 0.25) is 0 Å². The zero-order chi connectivity index (χ0) is 13.7. The molecule has 0 bridgehead atoms. The van der Waals surface area contributed by atoms with Crippen molar-refractivity contribution < 1.29 is 0 Å². The normalized spacial score (nSPS) is 26.3. The molecule has 2 nitrogen and oxygen atoms in total. The molecule has 0 radical (unpaired) electrons. The first-order valence-corrected chi connectivity index (χ1v) is 7.74. The van der Waals surface area contributed by atoms with E-state index in [-0.39, 0.29) is 5.54 Å². The van der Waals surface area contributed by atoms with Crippen molar-refractivity contribution in [2.75, 3.05) is 19.6 Å². The fourth-order valence-electron chi connectivity index (χ4n) is 3.31. The maximum absolute atomic E-state index is 3.72. The van der Waals surface area contributed by atoms with Crippen molar-refractivity contribution in [3.8, 4) is 0 Å². The van der Waals surface area contributed by atoms with Gasteiger partial charge in [0, 0.05) is 25.7 Å². The summed E-state index contributed by atoms with van der Waals surface area (Å²) in [6.45, 7) is 10.3. The van der Waals surface area contributed by atoms with Crippen LogP contribution in [0, 0.1) is 0 Å². The fraction of sp³-hybridized carbons (Fsp3) is 0.647. The zero-order valence-corrected chi connectivity index (χ0v) is 12.7. The summed E-state index contributed by atoms with van der Waals surface area (Å²) in [6, 6.07) is 11.6. The van der Waals surface area contributed by atoms with Gasteiger partial charge in [-0.05, 0) is 25.3 Å². The second kappa shape index (κ2) is 6.53. The Morgan fingerprint density at radius 1 is 1.26 bits per heavy atom. The van der Waals surface area contributed by atoms with E-state index in [9.17, 15) is 0 Å². The third-order valence-corrected chi connectivity index (χ3v) is 4.45. The molecule has 2 rings (SSSR count). The molecule has 0 amide bonds. The van der Waals surface area contributed by atoms with E-state index in [2.05, 4.69) is 61.3 Å².